The molecule has 0 aliphatic rings. The normalized spacial score (nSPS) is 10.4. The van der Waals surface area contributed by atoms with Crippen LogP contribution in [0.15, 0.2) is 53.3 Å². The summed E-state index contributed by atoms with van der Waals surface area (Å²) in [6.45, 7) is 1.72. The number of pyridine rings is 1. The van der Waals surface area contributed by atoms with E-state index in [9.17, 15) is 18.8 Å². The molecule has 4 nitrogen and oxygen atoms in total. The van der Waals surface area contributed by atoms with Crippen molar-refractivity contribution in [2.45, 2.75) is 13.5 Å². The van der Waals surface area contributed by atoms with Crippen LogP contribution in [-0.4, -0.2) is 4.98 Å². The average molecular weight is 352 g/mol. The molecule has 0 unspecified atom stereocenters. The second-order valence-electron chi connectivity index (χ2n) is 5.72. The van der Waals surface area contributed by atoms with E-state index < -0.39 is 22.9 Å². The molecule has 0 fully saturated rings. The number of aromatic nitrogens is 1. The van der Waals surface area contributed by atoms with E-state index in [1.165, 1.54) is 6.07 Å². The lowest BCUT2D eigenvalue weighted by Gasteiger charge is -2.10. The van der Waals surface area contributed by atoms with Crippen LogP contribution in [-0.2, 0) is 6.61 Å². The van der Waals surface area contributed by atoms with Gasteiger partial charge in [-0.25, -0.2) is 8.78 Å². The summed E-state index contributed by atoms with van der Waals surface area (Å²) in [6.07, 6.45) is 0. The largest absolute Gasteiger partial charge is 0.483 e. The van der Waals surface area contributed by atoms with E-state index in [0.717, 1.165) is 12.1 Å². The van der Waals surface area contributed by atoms with Crippen molar-refractivity contribution < 1.29 is 13.5 Å². The van der Waals surface area contributed by atoms with Crippen molar-refractivity contribution in [3.63, 3.8) is 0 Å². The SMILES string of the molecule is Cc1cc(-c2ccc(COc3c(F)cccc3F)cc2)c(C#N)c(=O)[nH]1. The highest BCUT2D eigenvalue weighted by Gasteiger charge is 2.12. The maximum atomic E-state index is 13.6. The van der Waals surface area contributed by atoms with Gasteiger partial charge in [0.15, 0.2) is 17.4 Å². The number of hydrogen-bond donors (Lipinski definition) is 1. The first-order chi connectivity index (χ1) is 12.5. The molecule has 0 amide bonds. The highest BCUT2D eigenvalue weighted by molar-refractivity contribution is 5.70. The molecule has 0 saturated carbocycles. The number of nitrogens with zero attached hydrogens (tertiary/aromatic N) is 1. The Balaban J connectivity index is 1.84. The third-order valence-electron chi connectivity index (χ3n) is 3.85. The fourth-order valence-electron chi connectivity index (χ4n) is 2.58. The van der Waals surface area contributed by atoms with Gasteiger partial charge in [0.1, 0.15) is 18.2 Å². The summed E-state index contributed by atoms with van der Waals surface area (Å²) in [7, 11) is 0. The van der Waals surface area contributed by atoms with Crippen molar-refractivity contribution in [2.24, 2.45) is 0 Å². The van der Waals surface area contributed by atoms with Crippen molar-refractivity contribution in [1.29, 1.82) is 5.26 Å². The van der Waals surface area contributed by atoms with Crippen molar-refractivity contribution in [1.82, 2.24) is 4.98 Å². The van der Waals surface area contributed by atoms with E-state index in [-0.39, 0.29) is 12.2 Å². The fraction of sp³-hybridized carbons (Fsp3) is 0.100. The van der Waals surface area contributed by atoms with Gasteiger partial charge in [-0.2, -0.15) is 5.26 Å². The Morgan fingerprint density at radius 1 is 1.12 bits per heavy atom. The van der Waals surface area contributed by atoms with Crippen LogP contribution in [0.25, 0.3) is 11.1 Å². The number of hydrogen-bond acceptors (Lipinski definition) is 3. The van der Waals surface area contributed by atoms with Crippen LogP contribution in [0.3, 0.4) is 0 Å². The highest BCUT2D eigenvalue weighted by atomic mass is 19.1. The van der Waals surface area contributed by atoms with Crippen LogP contribution < -0.4 is 10.3 Å². The molecule has 2 aromatic carbocycles. The van der Waals surface area contributed by atoms with Crippen molar-refractivity contribution in [3.8, 4) is 22.9 Å². The van der Waals surface area contributed by atoms with E-state index in [1.54, 1.807) is 37.3 Å². The van der Waals surface area contributed by atoms with Gasteiger partial charge in [0.25, 0.3) is 5.56 Å². The maximum absolute atomic E-state index is 13.6. The maximum Gasteiger partial charge on any atom is 0.266 e. The smallest absolute Gasteiger partial charge is 0.266 e. The van der Waals surface area contributed by atoms with Crippen LogP contribution >= 0.6 is 0 Å². The van der Waals surface area contributed by atoms with Crippen molar-refractivity contribution in [3.05, 3.63) is 87.3 Å². The molecule has 0 saturated heterocycles. The summed E-state index contributed by atoms with van der Waals surface area (Å²) in [5.41, 5.74) is 2.15. The molecular weight excluding hydrogens is 338 g/mol. The second-order valence-corrected chi connectivity index (χ2v) is 5.72. The van der Waals surface area contributed by atoms with Gasteiger partial charge in [0.2, 0.25) is 0 Å². The highest BCUT2D eigenvalue weighted by Crippen LogP contribution is 2.24. The minimum atomic E-state index is -0.765. The monoisotopic (exact) mass is 352 g/mol. The van der Waals surface area contributed by atoms with Crippen LogP contribution in [0.2, 0.25) is 0 Å². The molecule has 3 rings (SSSR count). The molecule has 0 aliphatic carbocycles. The zero-order valence-corrected chi connectivity index (χ0v) is 13.8. The van der Waals surface area contributed by atoms with Crippen LogP contribution in [0.1, 0.15) is 16.8 Å². The Bertz CT molecular complexity index is 1030. The lowest BCUT2D eigenvalue weighted by atomic mass is 10.00. The van der Waals surface area contributed by atoms with Gasteiger partial charge in [0.05, 0.1) is 0 Å². The number of nitriles is 1. The Morgan fingerprint density at radius 2 is 1.77 bits per heavy atom. The molecule has 6 heteroatoms. The number of nitrogens with one attached hydrogen (secondary N) is 1. The lowest BCUT2D eigenvalue weighted by Crippen LogP contribution is -2.12. The number of aromatic amines is 1. The lowest BCUT2D eigenvalue weighted by molar-refractivity contribution is 0.274. The minimum Gasteiger partial charge on any atom is -0.483 e. The number of aryl methyl sites for hydroxylation is 1. The van der Waals surface area contributed by atoms with E-state index in [1.807, 2.05) is 6.07 Å². The molecule has 1 N–H and O–H groups in total. The summed E-state index contributed by atoms with van der Waals surface area (Å²) < 4.78 is 32.4. The second kappa shape index (κ2) is 7.19. The van der Waals surface area contributed by atoms with E-state index >= 15 is 0 Å². The molecule has 1 aromatic heterocycles. The molecule has 0 spiro atoms. The van der Waals surface area contributed by atoms with Gasteiger partial charge >= 0.3 is 0 Å². The summed E-state index contributed by atoms with van der Waals surface area (Å²) in [6, 6.07) is 14.0. The number of halogens is 2. The molecule has 1 heterocycles. The first-order valence-corrected chi connectivity index (χ1v) is 7.79. The number of para-hydroxylation sites is 1. The molecule has 0 bridgehead atoms. The van der Waals surface area contributed by atoms with Gasteiger partial charge in [-0.1, -0.05) is 30.3 Å². The van der Waals surface area contributed by atoms with Gasteiger partial charge in [-0.3, -0.25) is 4.79 Å². The summed E-state index contributed by atoms with van der Waals surface area (Å²) >= 11 is 0. The average Bonchev–Trinajstić information content (AvgIpc) is 2.61. The number of H-pyrrole nitrogens is 1. The van der Waals surface area contributed by atoms with Crippen molar-refractivity contribution in [2.75, 3.05) is 0 Å². The Morgan fingerprint density at radius 3 is 2.38 bits per heavy atom. The van der Waals surface area contributed by atoms with Crippen LogP contribution in [0.4, 0.5) is 8.78 Å². The summed E-state index contributed by atoms with van der Waals surface area (Å²) in [5.74, 6) is -1.95. The minimum absolute atomic E-state index is 0.0162. The molecule has 130 valence electrons. The first-order valence-electron chi connectivity index (χ1n) is 7.79. The summed E-state index contributed by atoms with van der Waals surface area (Å²) in [5, 5.41) is 9.21. The van der Waals surface area contributed by atoms with Crippen molar-refractivity contribution >= 4 is 0 Å². The Labute approximate surface area is 148 Å². The zero-order valence-electron chi connectivity index (χ0n) is 13.8. The number of benzene rings is 2. The molecule has 3 aromatic rings. The molecule has 0 radical (unpaired) electrons. The van der Waals surface area contributed by atoms with Gasteiger partial charge in [-0.05, 0) is 36.2 Å². The summed E-state index contributed by atoms with van der Waals surface area (Å²) in [4.78, 5) is 14.5. The fourth-order valence-corrected chi connectivity index (χ4v) is 2.58. The van der Waals surface area contributed by atoms with Gasteiger partial charge in [-0.15, -0.1) is 0 Å². The predicted molar refractivity (Wildman–Crippen MR) is 92.6 cm³/mol. The molecule has 0 atom stereocenters. The predicted octanol–water partition coefficient (Wildman–Crippen LogP) is 4.08. The third-order valence-corrected chi connectivity index (χ3v) is 3.85. The first kappa shape index (κ1) is 17.4. The van der Waals surface area contributed by atoms with Crippen LogP contribution in [0.5, 0.6) is 5.75 Å². The topological polar surface area (TPSA) is 65.9 Å². The third kappa shape index (κ3) is 3.47. The molecule has 26 heavy (non-hydrogen) atoms. The van der Waals surface area contributed by atoms with Gasteiger partial charge in [0, 0.05) is 11.3 Å². The zero-order chi connectivity index (χ0) is 18.7. The standard InChI is InChI=1S/C20H14F2N2O2/c1-12-9-15(16(10-23)20(25)24-12)14-7-5-13(6-8-14)11-26-19-17(21)3-2-4-18(19)22/h2-9H,11H2,1H3,(H,24,25). The number of ether oxygens (including phenoxy) is 1. The van der Waals surface area contributed by atoms with E-state index in [2.05, 4.69) is 4.98 Å². The van der Waals surface area contributed by atoms with Gasteiger partial charge < -0.3 is 9.72 Å². The number of rotatable bonds is 4. The molecule has 0 aliphatic heterocycles. The molecular formula is C20H14F2N2O2. The Kier molecular flexibility index (Phi) is 4.81. The van der Waals surface area contributed by atoms with E-state index in [0.29, 0.717) is 22.4 Å². The van der Waals surface area contributed by atoms with Crippen LogP contribution in [0, 0.1) is 29.9 Å². The quantitative estimate of drug-likeness (QED) is 0.769. The Hall–Kier alpha value is -3.46. The van der Waals surface area contributed by atoms with E-state index in [4.69, 9.17) is 4.74 Å².